The molecule has 1 N–H and O–H groups in total. The maximum Gasteiger partial charge on any atom is 0.295 e. The van der Waals surface area contributed by atoms with E-state index in [-0.39, 0.29) is 32.7 Å². The van der Waals surface area contributed by atoms with Gasteiger partial charge in [0, 0.05) is 12.1 Å². The molecule has 5 nitrogen and oxygen atoms in total. The largest absolute Gasteiger partial charge is 0.507 e. The van der Waals surface area contributed by atoms with Gasteiger partial charge in [0.05, 0.1) is 28.8 Å². The van der Waals surface area contributed by atoms with Crippen molar-refractivity contribution in [1.82, 2.24) is 4.90 Å². The molecule has 1 saturated heterocycles. The highest BCUT2D eigenvalue weighted by atomic mass is 35.5. The molecule has 1 fully saturated rings. The number of ether oxygens (including phenoxy) is 1. The number of fused-ring (bicyclic) bond motifs is 1. The summed E-state index contributed by atoms with van der Waals surface area (Å²) >= 11 is 12.5. The van der Waals surface area contributed by atoms with Gasteiger partial charge in [0.1, 0.15) is 5.76 Å². The molecule has 3 aromatic rings. The number of ketones is 1. The highest BCUT2D eigenvalue weighted by Crippen LogP contribution is 2.43. The van der Waals surface area contributed by atoms with Crippen molar-refractivity contribution in [2.24, 2.45) is 0 Å². The smallest absolute Gasteiger partial charge is 0.295 e. The lowest BCUT2D eigenvalue weighted by Crippen LogP contribution is -2.30. The van der Waals surface area contributed by atoms with E-state index in [0.717, 1.165) is 16.3 Å². The van der Waals surface area contributed by atoms with Gasteiger partial charge < -0.3 is 14.7 Å². The Labute approximate surface area is 195 Å². The summed E-state index contributed by atoms with van der Waals surface area (Å²) in [5, 5.41) is 13.5. The van der Waals surface area contributed by atoms with Crippen LogP contribution in [0.2, 0.25) is 10.0 Å². The van der Waals surface area contributed by atoms with Gasteiger partial charge in [-0.3, -0.25) is 9.59 Å². The Morgan fingerprint density at radius 2 is 1.72 bits per heavy atom. The Hall–Kier alpha value is -3.02. The second-order valence-electron chi connectivity index (χ2n) is 7.53. The molecule has 0 saturated carbocycles. The lowest BCUT2D eigenvalue weighted by atomic mass is 9.91. The molecule has 0 aliphatic carbocycles. The van der Waals surface area contributed by atoms with Crippen molar-refractivity contribution in [3.63, 3.8) is 0 Å². The zero-order valence-electron chi connectivity index (χ0n) is 17.6. The summed E-state index contributed by atoms with van der Waals surface area (Å²) in [6.07, 6.45) is 0.661. The van der Waals surface area contributed by atoms with Crippen molar-refractivity contribution in [2.45, 2.75) is 19.4 Å². The molecule has 3 aromatic carbocycles. The fraction of sp³-hybridized carbons (Fsp3) is 0.200. The molecule has 1 heterocycles. The van der Waals surface area contributed by atoms with Crippen LogP contribution in [0.3, 0.4) is 0 Å². The molecule has 0 aromatic heterocycles. The number of halogens is 2. The number of carbonyl (C=O) groups excluding carboxylic acids is 2. The van der Waals surface area contributed by atoms with Crippen molar-refractivity contribution in [1.29, 1.82) is 0 Å². The van der Waals surface area contributed by atoms with Gasteiger partial charge in [0.15, 0.2) is 5.75 Å². The molecule has 7 heteroatoms. The van der Waals surface area contributed by atoms with E-state index < -0.39 is 17.7 Å². The van der Waals surface area contributed by atoms with E-state index in [0.29, 0.717) is 13.0 Å². The van der Waals surface area contributed by atoms with E-state index in [2.05, 4.69) is 0 Å². The van der Waals surface area contributed by atoms with Gasteiger partial charge >= 0.3 is 0 Å². The SMILES string of the molecule is CCCN1C(=O)C(=O)/C(=C(/O)c2cc(Cl)c(OC)c(Cl)c2)C1c1cccc2ccccc12. The second kappa shape index (κ2) is 8.85. The number of hydrogen-bond acceptors (Lipinski definition) is 4. The van der Waals surface area contributed by atoms with Gasteiger partial charge in [-0.15, -0.1) is 0 Å². The average Bonchev–Trinajstić information content (AvgIpc) is 3.03. The number of benzene rings is 3. The van der Waals surface area contributed by atoms with Crippen molar-refractivity contribution < 1.29 is 19.4 Å². The Morgan fingerprint density at radius 3 is 2.38 bits per heavy atom. The minimum absolute atomic E-state index is 0.0112. The predicted octanol–water partition coefficient (Wildman–Crippen LogP) is 5.99. The first-order chi connectivity index (χ1) is 15.4. The van der Waals surface area contributed by atoms with Crippen LogP contribution in [-0.2, 0) is 9.59 Å². The molecule has 1 amide bonds. The summed E-state index contributed by atoms with van der Waals surface area (Å²) in [5.41, 5.74) is 1.01. The maximum absolute atomic E-state index is 13.1. The molecular formula is C25H21Cl2NO4. The summed E-state index contributed by atoms with van der Waals surface area (Å²) in [7, 11) is 1.43. The summed E-state index contributed by atoms with van der Waals surface area (Å²) in [6.45, 7) is 2.31. The molecule has 1 aliphatic rings. The Morgan fingerprint density at radius 1 is 1.06 bits per heavy atom. The number of likely N-dealkylation sites (tertiary alicyclic amines) is 1. The van der Waals surface area contributed by atoms with Crippen LogP contribution < -0.4 is 4.74 Å². The number of Topliss-reactive ketones (excluding diaryl/α,β-unsaturated/α-hetero) is 1. The Bertz CT molecular complexity index is 1240. The van der Waals surface area contributed by atoms with Crippen LogP contribution in [0.4, 0.5) is 0 Å². The molecule has 32 heavy (non-hydrogen) atoms. The van der Waals surface area contributed by atoms with Crippen molar-refractivity contribution in [3.05, 3.63) is 81.3 Å². The first kappa shape index (κ1) is 22.2. The molecule has 0 spiro atoms. The third-order valence-corrected chi connectivity index (χ3v) is 6.16. The molecule has 1 unspecified atom stereocenters. The van der Waals surface area contributed by atoms with Crippen LogP contribution in [0, 0.1) is 0 Å². The van der Waals surface area contributed by atoms with Crippen LogP contribution in [0.5, 0.6) is 5.75 Å². The Balaban J connectivity index is 1.98. The van der Waals surface area contributed by atoms with Crippen molar-refractivity contribution in [2.75, 3.05) is 13.7 Å². The fourth-order valence-corrected chi connectivity index (χ4v) is 4.85. The van der Waals surface area contributed by atoms with Gasteiger partial charge in [0.25, 0.3) is 11.7 Å². The first-order valence-corrected chi connectivity index (χ1v) is 10.9. The molecule has 0 bridgehead atoms. The van der Waals surface area contributed by atoms with Crippen LogP contribution in [0.25, 0.3) is 16.5 Å². The monoisotopic (exact) mass is 469 g/mol. The second-order valence-corrected chi connectivity index (χ2v) is 8.35. The van der Waals surface area contributed by atoms with E-state index in [9.17, 15) is 14.7 Å². The van der Waals surface area contributed by atoms with Gasteiger partial charge in [-0.05, 0) is 34.9 Å². The maximum atomic E-state index is 13.1. The average molecular weight is 470 g/mol. The number of nitrogens with zero attached hydrogens (tertiary/aromatic N) is 1. The van der Waals surface area contributed by atoms with Crippen LogP contribution in [0.1, 0.15) is 30.5 Å². The standard InChI is InChI=1S/C25H21Cl2NO4/c1-3-11-28-21(17-10-6-8-14-7-4-5-9-16(14)17)20(23(30)25(28)31)22(29)15-12-18(26)24(32-2)19(27)13-15/h4-10,12-13,21,29H,3,11H2,1-2H3/b22-20+. The molecule has 4 rings (SSSR count). The molecule has 1 aliphatic heterocycles. The number of methoxy groups -OCH3 is 1. The predicted molar refractivity (Wildman–Crippen MR) is 126 cm³/mol. The van der Waals surface area contributed by atoms with Crippen LogP contribution in [-0.4, -0.2) is 35.4 Å². The number of rotatable bonds is 5. The quantitative estimate of drug-likeness (QED) is 0.283. The molecule has 164 valence electrons. The topological polar surface area (TPSA) is 66.8 Å². The van der Waals surface area contributed by atoms with Crippen LogP contribution in [0.15, 0.2) is 60.2 Å². The van der Waals surface area contributed by atoms with Gasteiger partial charge in [-0.25, -0.2) is 0 Å². The Kier molecular flexibility index (Phi) is 6.13. The van der Waals surface area contributed by atoms with Gasteiger partial charge in [0.2, 0.25) is 0 Å². The van der Waals surface area contributed by atoms with Crippen LogP contribution >= 0.6 is 23.2 Å². The highest BCUT2D eigenvalue weighted by molar-refractivity contribution is 6.47. The van der Waals surface area contributed by atoms with E-state index in [1.54, 1.807) is 0 Å². The summed E-state index contributed by atoms with van der Waals surface area (Å²) in [5.74, 6) is -1.44. The lowest BCUT2D eigenvalue weighted by molar-refractivity contribution is -0.139. The minimum atomic E-state index is -0.739. The fourth-order valence-electron chi connectivity index (χ4n) is 4.21. The highest BCUT2D eigenvalue weighted by Gasteiger charge is 2.46. The van der Waals surface area contributed by atoms with Crippen molar-refractivity contribution in [3.8, 4) is 5.75 Å². The molecule has 0 radical (unpaired) electrons. The van der Waals surface area contributed by atoms with Crippen molar-refractivity contribution >= 4 is 51.4 Å². The normalized spacial score (nSPS) is 17.9. The lowest BCUT2D eigenvalue weighted by Gasteiger charge is -2.26. The number of aliphatic hydroxyl groups is 1. The van der Waals surface area contributed by atoms with Gasteiger partial charge in [-0.1, -0.05) is 72.6 Å². The summed E-state index contributed by atoms with van der Waals surface area (Å²) in [4.78, 5) is 27.6. The zero-order valence-corrected chi connectivity index (χ0v) is 19.1. The zero-order chi connectivity index (χ0) is 23.0. The van der Waals surface area contributed by atoms with E-state index in [1.165, 1.54) is 24.1 Å². The van der Waals surface area contributed by atoms with E-state index in [1.807, 2.05) is 49.4 Å². The molecule has 1 atom stereocenters. The number of hydrogen-bond donors (Lipinski definition) is 1. The first-order valence-electron chi connectivity index (χ1n) is 10.2. The van der Waals surface area contributed by atoms with E-state index in [4.69, 9.17) is 27.9 Å². The minimum Gasteiger partial charge on any atom is -0.507 e. The number of carbonyl (C=O) groups is 2. The number of aliphatic hydroxyl groups excluding tert-OH is 1. The molecular weight excluding hydrogens is 449 g/mol. The number of amides is 1. The van der Waals surface area contributed by atoms with Gasteiger partial charge in [-0.2, -0.15) is 0 Å². The van der Waals surface area contributed by atoms with E-state index >= 15 is 0 Å². The third kappa shape index (κ3) is 3.61. The summed E-state index contributed by atoms with van der Waals surface area (Å²) in [6, 6.07) is 15.7. The summed E-state index contributed by atoms with van der Waals surface area (Å²) < 4.78 is 5.17. The third-order valence-electron chi connectivity index (χ3n) is 5.60.